The summed E-state index contributed by atoms with van der Waals surface area (Å²) in [6.07, 6.45) is 4.53. The number of nitrogens with zero attached hydrogens (tertiary/aromatic N) is 3. The van der Waals surface area contributed by atoms with Crippen LogP contribution in [0.2, 0.25) is 0 Å². The predicted molar refractivity (Wildman–Crippen MR) is 84.2 cm³/mol. The highest BCUT2D eigenvalue weighted by Gasteiger charge is 2.28. The molecule has 0 aliphatic carbocycles. The summed E-state index contributed by atoms with van der Waals surface area (Å²) >= 11 is 0. The third-order valence-corrected chi connectivity index (χ3v) is 5.91. The van der Waals surface area contributed by atoms with Crippen LogP contribution < -0.4 is 5.73 Å². The highest BCUT2D eigenvalue weighted by Crippen LogP contribution is 2.23. The van der Waals surface area contributed by atoms with Gasteiger partial charge in [-0.1, -0.05) is 0 Å². The van der Waals surface area contributed by atoms with Crippen LogP contribution in [0.3, 0.4) is 0 Å². The number of aryl methyl sites for hydroxylation is 1. The van der Waals surface area contributed by atoms with Gasteiger partial charge in [-0.05, 0) is 43.5 Å². The summed E-state index contributed by atoms with van der Waals surface area (Å²) in [6.45, 7) is 2.58. The van der Waals surface area contributed by atoms with Crippen molar-refractivity contribution >= 4 is 10.0 Å². The summed E-state index contributed by atoms with van der Waals surface area (Å²) in [6, 6.07) is 3.93. The van der Waals surface area contributed by atoms with E-state index in [9.17, 15) is 12.8 Å². The molecule has 1 saturated heterocycles. The smallest absolute Gasteiger partial charge is 0.243 e. The highest BCUT2D eigenvalue weighted by molar-refractivity contribution is 7.89. The molecule has 1 aromatic heterocycles. The monoisotopic (exact) mass is 338 g/mol. The van der Waals surface area contributed by atoms with E-state index in [0.29, 0.717) is 25.9 Å². The number of benzene rings is 1. The molecule has 2 heterocycles. The van der Waals surface area contributed by atoms with Gasteiger partial charge in [-0.15, -0.1) is 0 Å². The molecular weight excluding hydrogens is 319 g/mol. The Morgan fingerprint density at radius 3 is 2.57 bits per heavy atom. The SMILES string of the molecule is Cc1cnn(-c2ccc(S(=O)(=O)N3CCC(N)CC3)cc2F)c1. The van der Waals surface area contributed by atoms with Crippen LogP contribution in [0, 0.1) is 12.7 Å². The van der Waals surface area contributed by atoms with Crippen molar-refractivity contribution in [3.05, 3.63) is 42.0 Å². The van der Waals surface area contributed by atoms with E-state index in [4.69, 9.17) is 5.73 Å². The Balaban J connectivity index is 1.90. The summed E-state index contributed by atoms with van der Waals surface area (Å²) in [5, 5.41) is 4.04. The van der Waals surface area contributed by atoms with E-state index in [1.54, 1.807) is 12.4 Å². The number of nitrogens with two attached hydrogens (primary N) is 1. The minimum absolute atomic E-state index is 0.0311. The van der Waals surface area contributed by atoms with E-state index < -0.39 is 15.8 Å². The zero-order chi connectivity index (χ0) is 16.6. The third kappa shape index (κ3) is 3.15. The lowest BCUT2D eigenvalue weighted by Crippen LogP contribution is -2.42. The lowest BCUT2D eigenvalue weighted by atomic mass is 10.1. The summed E-state index contributed by atoms with van der Waals surface area (Å²) in [5.41, 5.74) is 6.91. The number of hydrogen-bond donors (Lipinski definition) is 1. The normalized spacial score (nSPS) is 17.5. The van der Waals surface area contributed by atoms with Crippen molar-refractivity contribution in [2.75, 3.05) is 13.1 Å². The molecule has 1 aliphatic heterocycles. The van der Waals surface area contributed by atoms with E-state index >= 15 is 0 Å². The van der Waals surface area contributed by atoms with Crippen LogP contribution in [0.4, 0.5) is 4.39 Å². The lowest BCUT2D eigenvalue weighted by molar-refractivity contribution is 0.320. The molecule has 1 fully saturated rings. The summed E-state index contributed by atoms with van der Waals surface area (Å²) < 4.78 is 42.3. The summed E-state index contributed by atoms with van der Waals surface area (Å²) in [5.74, 6) is -0.622. The Labute approximate surface area is 134 Å². The van der Waals surface area contributed by atoms with Crippen molar-refractivity contribution in [1.29, 1.82) is 0 Å². The second-order valence-corrected chi connectivity index (χ2v) is 7.75. The number of piperidine rings is 1. The third-order valence-electron chi connectivity index (χ3n) is 4.01. The van der Waals surface area contributed by atoms with Crippen LogP contribution in [-0.4, -0.2) is 41.6 Å². The van der Waals surface area contributed by atoms with Gasteiger partial charge in [0.2, 0.25) is 10.0 Å². The molecule has 0 bridgehead atoms. The average molecular weight is 338 g/mol. The van der Waals surface area contributed by atoms with Crippen molar-refractivity contribution in [2.45, 2.75) is 30.7 Å². The minimum Gasteiger partial charge on any atom is -0.328 e. The van der Waals surface area contributed by atoms with E-state index in [0.717, 1.165) is 11.6 Å². The lowest BCUT2D eigenvalue weighted by Gasteiger charge is -2.29. The van der Waals surface area contributed by atoms with Crippen LogP contribution in [0.25, 0.3) is 5.69 Å². The molecule has 124 valence electrons. The predicted octanol–water partition coefficient (Wildman–Crippen LogP) is 1.43. The molecule has 2 aromatic rings. The van der Waals surface area contributed by atoms with Gasteiger partial charge in [-0.3, -0.25) is 0 Å². The maximum Gasteiger partial charge on any atom is 0.243 e. The van der Waals surface area contributed by atoms with Gasteiger partial charge in [-0.2, -0.15) is 9.40 Å². The van der Waals surface area contributed by atoms with Crippen molar-refractivity contribution in [1.82, 2.24) is 14.1 Å². The van der Waals surface area contributed by atoms with Crippen LogP contribution in [0.15, 0.2) is 35.5 Å². The minimum atomic E-state index is -3.69. The summed E-state index contributed by atoms with van der Waals surface area (Å²) in [7, 11) is -3.69. The first-order valence-electron chi connectivity index (χ1n) is 7.45. The Kier molecular flexibility index (Phi) is 4.22. The van der Waals surface area contributed by atoms with Gasteiger partial charge in [0.15, 0.2) is 0 Å². The Hall–Kier alpha value is -1.77. The molecule has 1 aromatic carbocycles. The van der Waals surface area contributed by atoms with E-state index in [-0.39, 0.29) is 16.6 Å². The molecule has 8 heteroatoms. The quantitative estimate of drug-likeness (QED) is 0.918. The maximum absolute atomic E-state index is 14.3. The zero-order valence-electron chi connectivity index (χ0n) is 12.8. The largest absolute Gasteiger partial charge is 0.328 e. The number of hydrogen-bond acceptors (Lipinski definition) is 4. The van der Waals surface area contributed by atoms with Crippen molar-refractivity contribution in [3.63, 3.8) is 0 Å². The van der Waals surface area contributed by atoms with Crippen LogP contribution >= 0.6 is 0 Å². The van der Waals surface area contributed by atoms with Gasteiger partial charge in [0, 0.05) is 25.3 Å². The first kappa shape index (κ1) is 16.1. The molecule has 23 heavy (non-hydrogen) atoms. The molecule has 2 N–H and O–H groups in total. The molecule has 0 spiro atoms. The van der Waals surface area contributed by atoms with Gasteiger partial charge in [0.1, 0.15) is 11.5 Å². The average Bonchev–Trinajstić information content (AvgIpc) is 2.94. The molecule has 6 nitrogen and oxygen atoms in total. The van der Waals surface area contributed by atoms with E-state index in [1.165, 1.54) is 21.1 Å². The highest BCUT2D eigenvalue weighted by atomic mass is 32.2. The van der Waals surface area contributed by atoms with Crippen molar-refractivity contribution < 1.29 is 12.8 Å². The Bertz CT molecular complexity index is 811. The molecule has 0 radical (unpaired) electrons. The maximum atomic E-state index is 14.3. The molecule has 0 atom stereocenters. The van der Waals surface area contributed by atoms with E-state index in [1.807, 2.05) is 6.92 Å². The number of halogens is 1. The number of rotatable bonds is 3. The summed E-state index contributed by atoms with van der Waals surface area (Å²) in [4.78, 5) is -0.0434. The number of sulfonamides is 1. The van der Waals surface area contributed by atoms with Gasteiger partial charge in [0.25, 0.3) is 0 Å². The van der Waals surface area contributed by atoms with Crippen LogP contribution in [0.5, 0.6) is 0 Å². The molecule has 3 rings (SSSR count). The van der Waals surface area contributed by atoms with Crippen LogP contribution in [0.1, 0.15) is 18.4 Å². The van der Waals surface area contributed by atoms with Crippen molar-refractivity contribution in [2.24, 2.45) is 5.73 Å². The molecular formula is C15H19FN4O2S. The van der Waals surface area contributed by atoms with Crippen LogP contribution in [-0.2, 0) is 10.0 Å². The first-order chi connectivity index (χ1) is 10.9. The zero-order valence-corrected chi connectivity index (χ0v) is 13.6. The van der Waals surface area contributed by atoms with Gasteiger partial charge >= 0.3 is 0 Å². The second kappa shape index (κ2) is 6.03. The molecule has 1 aliphatic rings. The molecule has 0 unspecified atom stereocenters. The Morgan fingerprint density at radius 1 is 1.30 bits per heavy atom. The Morgan fingerprint density at radius 2 is 2.00 bits per heavy atom. The standard InChI is InChI=1S/C15H19FN4O2S/c1-11-9-18-20(10-11)15-3-2-13(8-14(15)16)23(21,22)19-6-4-12(17)5-7-19/h2-3,8-10,12H,4-7,17H2,1H3. The van der Waals surface area contributed by atoms with Gasteiger partial charge in [-0.25, -0.2) is 17.5 Å². The first-order valence-corrected chi connectivity index (χ1v) is 8.89. The fourth-order valence-electron chi connectivity index (χ4n) is 2.64. The van der Waals surface area contributed by atoms with Gasteiger partial charge < -0.3 is 5.73 Å². The van der Waals surface area contributed by atoms with Crippen molar-refractivity contribution in [3.8, 4) is 5.69 Å². The fraction of sp³-hybridized carbons (Fsp3) is 0.400. The second-order valence-electron chi connectivity index (χ2n) is 5.82. The molecule has 0 saturated carbocycles. The molecule has 0 amide bonds. The fourth-order valence-corrected chi connectivity index (χ4v) is 4.13. The topological polar surface area (TPSA) is 81.2 Å². The van der Waals surface area contributed by atoms with Gasteiger partial charge in [0.05, 0.1) is 11.1 Å². The number of aromatic nitrogens is 2. The van der Waals surface area contributed by atoms with E-state index in [2.05, 4.69) is 5.10 Å².